The number of anilines is 2. The van der Waals surface area contributed by atoms with Crippen LogP contribution in [0.2, 0.25) is 0 Å². The zero-order chi connectivity index (χ0) is 19.4. The Morgan fingerprint density at radius 1 is 1.26 bits per heavy atom. The number of nitrogens with two attached hydrogens (primary N) is 1. The average Bonchev–Trinajstić information content (AvgIpc) is 3.13. The molecule has 2 aromatic rings. The molecule has 2 aromatic carbocycles. The van der Waals surface area contributed by atoms with E-state index in [4.69, 9.17) is 10.5 Å². The van der Waals surface area contributed by atoms with Gasteiger partial charge in [-0.15, -0.1) is 0 Å². The van der Waals surface area contributed by atoms with Crippen molar-refractivity contribution in [1.29, 1.82) is 0 Å². The summed E-state index contributed by atoms with van der Waals surface area (Å²) in [6.45, 7) is 1.57. The Kier molecular flexibility index (Phi) is 5.96. The molecule has 1 amide bonds. The highest BCUT2D eigenvalue weighted by Crippen LogP contribution is 2.25. The summed E-state index contributed by atoms with van der Waals surface area (Å²) in [6.07, 6.45) is 1.92. The SMILES string of the molecule is CN(C)c1ccc(N)cc1CN(CC1CCCO1)C(=O)c1cccc(F)c1. The molecule has 0 aliphatic carbocycles. The lowest BCUT2D eigenvalue weighted by Crippen LogP contribution is -2.37. The molecule has 0 radical (unpaired) electrons. The first-order valence-electron chi connectivity index (χ1n) is 9.16. The van der Waals surface area contributed by atoms with Gasteiger partial charge in [0.15, 0.2) is 0 Å². The molecule has 3 rings (SSSR count). The second-order valence-electron chi connectivity index (χ2n) is 7.11. The summed E-state index contributed by atoms with van der Waals surface area (Å²) in [5, 5.41) is 0. The molecule has 1 aliphatic rings. The van der Waals surface area contributed by atoms with E-state index in [-0.39, 0.29) is 12.0 Å². The minimum Gasteiger partial charge on any atom is -0.399 e. The zero-order valence-electron chi connectivity index (χ0n) is 15.8. The number of benzene rings is 2. The molecule has 0 bridgehead atoms. The van der Waals surface area contributed by atoms with Gasteiger partial charge < -0.3 is 20.3 Å². The zero-order valence-corrected chi connectivity index (χ0v) is 15.8. The molecule has 1 unspecified atom stereocenters. The number of nitrogen functional groups attached to an aromatic ring is 1. The Morgan fingerprint density at radius 3 is 2.74 bits per heavy atom. The van der Waals surface area contributed by atoms with Crippen LogP contribution >= 0.6 is 0 Å². The van der Waals surface area contributed by atoms with E-state index in [0.29, 0.717) is 30.9 Å². The predicted molar refractivity (Wildman–Crippen MR) is 105 cm³/mol. The van der Waals surface area contributed by atoms with Crippen molar-refractivity contribution in [2.75, 3.05) is 37.9 Å². The topological polar surface area (TPSA) is 58.8 Å². The van der Waals surface area contributed by atoms with Crippen LogP contribution in [0.1, 0.15) is 28.8 Å². The maximum Gasteiger partial charge on any atom is 0.254 e. The number of hydrogen-bond acceptors (Lipinski definition) is 4. The second-order valence-corrected chi connectivity index (χ2v) is 7.11. The number of rotatable bonds is 6. The number of carbonyl (C=O) groups excluding carboxylic acids is 1. The third-order valence-electron chi connectivity index (χ3n) is 4.75. The van der Waals surface area contributed by atoms with E-state index >= 15 is 0 Å². The third-order valence-corrected chi connectivity index (χ3v) is 4.75. The van der Waals surface area contributed by atoms with Crippen molar-refractivity contribution >= 4 is 17.3 Å². The molecule has 6 heteroatoms. The van der Waals surface area contributed by atoms with E-state index in [1.54, 1.807) is 17.0 Å². The first-order chi connectivity index (χ1) is 12.9. The number of carbonyl (C=O) groups is 1. The van der Waals surface area contributed by atoms with Crippen LogP contribution < -0.4 is 10.6 Å². The number of ether oxygens (including phenoxy) is 1. The van der Waals surface area contributed by atoms with Gasteiger partial charge in [-0.1, -0.05) is 6.07 Å². The van der Waals surface area contributed by atoms with Crippen LogP contribution in [-0.4, -0.2) is 44.2 Å². The highest BCUT2D eigenvalue weighted by molar-refractivity contribution is 5.94. The Morgan fingerprint density at radius 2 is 2.07 bits per heavy atom. The lowest BCUT2D eigenvalue weighted by molar-refractivity contribution is 0.0507. The number of amides is 1. The Balaban J connectivity index is 1.90. The van der Waals surface area contributed by atoms with E-state index in [2.05, 4.69) is 0 Å². The Hall–Kier alpha value is -2.60. The van der Waals surface area contributed by atoms with Gasteiger partial charge in [-0.05, 0) is 54.8 Å². The molecule has 1 aliphatic heterocycles. The summed E-state index contributed by atoms with van der Waals surface area (Å²) in [5.41, 5.74) is 8.90. The predicted octanol–water partition coefficient (Wildman–Crippen LogP) is 3.30. The number of halogens is 1. The molecule has 1 heterocycles. The van der Waals surface area contributed by atoms with Crippen LogP contribution in [0.3, 0.4) is 0 Å². The van der Waals surface area contributed by atoms with Crippen molar-refractivity contribution in [3.63, 3.8) is 0 Å². The molecule has 1 atom stereocenters. The van der Waals surface area contributed by atoms with Gasteiger partial charge in [0.05, 0.1) is 6.10 Å². The van der Waals surface area contributed by atoms with Crippen molar-refractivity contribution in [3.8, 4) is 0 Å². The summed E-state index contributed by atoms with van der Waals surface area (Å²) in [4.78, 5) is 16.8. The molecule has 27 heavy (non-hydrogen) atoms. The highest BCUT2D eigenvalue weighted by Gasteiger charge is 2.25. The lowest BCUT2D eigenvalue weighted by atomic mass is 10.1. The van der Waals surface area contributed by atoms with Gasteiger partial charge in [0.1, 0.15) is 5.82 Å². The quantitative estimate of drug-likeness (QED) is 0.792. The van der Waals surface area contributed by atoms with Crippen molar-refractivity contribution in [1.82, 2.24) is 4.90 Å². The van der Waals surface area contributed by atoms with Crippen molar-refractivity contribution in [2.24, 2.45) is 0 Å². The molecular formula is C21H26FN3O2. The molecular weight excluding hydrogens is 345 g/mol. The lowest BCUT2D eigenvalue weighted by Gasteiger charge is -2.28. The summed E-state index contributed by atoms with van der Waals surface area (Å²) in [7, 11) is 3.90. The molecule has 2 N–H and O–H groups in total. The molecule has 1 fully saturated rings. The molecule has 0 aromatic heterocycles. The van der Waals surface area contributed by atoms with Gasteiger partial charge in [-0.2, -0.15) is 0 Å². The Bertz CT molecular complexity index is 804. The van der Waals surface area contributed by atoms with Gasteiger partial charge in [-0.25, -0.2) is 4.39 Å². The maximum atomic E-state index is 13.6. The fourth-order valence-electron chi connectivity index (χ4n) is 3.43. The average molecular weight is 371 g/mol. The second kappa shape index (κ2) is 8.39. The molecule has 0 spiro atoms. The molecule has 1 saturated heterocycles. The van der Waals surface area contributed by atoms with E-state index in [9.17, 15) is 9.18 Å². The standard InChI is InChI=1S/C21H26FN3O2/c1-24(2)20-9-8-18(23)12-16(20)13-25(14-19-7-4-10-27-19)21(26)15-5-3-6-17(22)11-15/h3,5-6,8-9,11-12,19H,4,7,10,13-14,23H2,1-2H3. The smallest absolute Gasteiger partial charge is 0.254 e. The molecule has 0 saturated carbocycles. The monoisotopic (exact) mass is 371 g/mol. The first-order valence-corrected chi connectivity index (χ1v) is 9.16. The summed E-state index contributed by atoms with van der Waals surface area (Å²) in [5.74, 6) is -0.631. The van der Waals surface area contributed by atoms with Gasteiger partial charge in [-0.3, -0.25) is 4.79 Å². The van der Waals surface area contributed by atoms with Crippen LogP contribution in [0.5, 0.6) is 0 Å². The minimum atomic E-state index is -0.421. The normalized spacial score (nSPS) is 16.3. The summed E-state index contributed by atoms with van der Waals surface area (Å²) < 4.78 is 19.4. The van der Waals surface area contributed by atoms with Crippen molar-refractivity contribution in [2.45, 2.75) is 25.5 Å². The van der Waals surface area contributed by atoms with Gasteiger partial charge in [0.2, 0.25) is 0 Å². The number of hydrogen-bond donors (Lipinski definition) is 1. The van der Waals surface area contributed by atoms with E-state index < -0.39 is 5.82 Å². The first kappa shape index (κ1) is 19.2. The maximum absolute atomic E-state index is 13.6. The Labute approximate surface area is 159 Å². The summed E-state index contributed by atoms with van der Waals surface area (Å²) >= 11 is 0. The molecule has 5 nitrogen and oxygen atoms in total. The largest absolute Gasteiger partial charge is 0.399 e. The summed E-state index contributed by atoms with van der Waals surface area (Å²) in [6, 6.07) is 11.5. The van der Waals surface area contributed by atoms with Gasteiger partial charge in [0, 0.05) is 50.7 Å². The van der Waals surface area contributed by atoms with E-state index in [0.717, 1.165) is 24.1 Å². The minimum absolute atomic E-state index is 0.00590. The van der Waals surface area contributed by atoms with Crippen LogP contribution in [0.4, 0.5) is 15.8 Å². The van der Waals surface area contributed by atoms with Crippen LogP contribution in [-0.2, 0) is 11.3 Å². The van der Waals surface area contributed by atoms with Crippen molar-refractivity contribution in [3.05, 3.63) is 59.4 Å². The fourth-order valence-corrected chi connectivity index (χ4v) is 3.43. The third kappa shape index (κ3) is 4.77. The van der Waals surface area contributed by atoms with Gasteiger partial charge in [0.25, 0.3) is 5.91 Å². The van der Waals surface area contributed by atoms with E-state index in [1.165, 1.54) is 12.1 Å². The van der Waals surface area contributed by atoms with Gasteiger partial charge >= 0.3 is 0 Å². The van der Waals surface area contributed by atoms with E-state index in [1.807, 2.05) is 37.2 Å². The number of nitrogens with zero attached hydrogens (tertiary/aromatic N) is 2. The highest BCUT2D eigenvalue weighted by atomic mass is 19.1. The molecule has 144 valence electrons. The van der Waals surface area contributed by atoms with Crippen LogP contribution in [0, 0.1) is 5.82 Å². The van der Waals surface area contributed by atoms with Crippen molar-refractivity contribution < 1.29 is 13.9 Å². The van der Waals surface area contributed by atoms with Crippen LogP contribution in [0.25, 0.3) is 0 Å². The fraction of sp³-hybridized carbons (Fsp3) is 0.381. The van der Waals surface area contributed by atoms with Crippen LogP contribution in [0.15, 0.2) is 42.5 Å².